The molecule has 3 saturated heterocycles. The summed E-state index contributed by atoms with van der Waals surface area (Å²) < 4.78 is 5.00. The molecule has 0 aromatic rings. The Morgan fingerprint density at radius 3 is 2.65 bits per heavy atom. The van der Waals surface area contributed by atoms with E-state index in [1.165, 1.54) is 32.1 Å². The quantitative estimate of drug-likeness (QED) is 0.570. The summed E-state index contributed by atoms with van der Waals surface area (Å²) in [4.78, 5) is 37.4. The Labute approximate surface area is 193 Å². The van der Waals surface area contributed by atoms with Crippen LogP contribution in [0, 0.1) is 17.8 Å². The number of alkyl carbamates (subject to hydrolysis) is 1. The van der Waals surface area contributed by atoms with E-state index in [2.05, 4.69) is 16.0 Å². The lowest BCUT2D eigenvalue weighted by Gasteiger charge is -2.46. The molecule has 0 bridgehead atoms. The molecule has 7 nitrogen and oxygen atoms in total. The van der Waals surface area contributed by atoms with Crippen LogP contribution in [0.25, 0.3) is 0 Å². The van der Waals surface area contributed by atoms with E-state index in [0.29, 0.717) is 18.3 Å². The van der Waals surface area contributed by atoms with Gasteiger partial charge in [0.05, 0.1) is 23.1 Å². The van der Waals surface area contributed by atoms with Crippen LogP contribution >= 0.6 is 23.5 Å². The zero-order valence-electron chi connectivity index (χ0n) is 18.3. The van der Waals surface area contributed by atoms with Crippen molar-refractivity contribution < 1.29 is 19.1 Å². The fourth-order valence-electron chi connectivity index (χ4n) is 5.89. The van der Waals surface area contributed by atoms with Crippen molar-refractivity contribution >= 4 is 41.4 Å². The van der Waals surface area contributed by atoms with E-state index in [9.17, 15) is 14.4 Å². The molecule has 3 N–H and O–H groups in total. The average molecular weight is 470 g/mol. The molecule has 1 saturated carbocycles. The maximum absolute atomic E-state index is 13.3. The normalized spacial score (nSPS) is 35.9. The Bertz CT molecular complexity index is 688. The van der Waals surface area contributed by atoms with Crippen molar-refractivity contribution in [2.45, 2.75) is 73.7 Å². The number of thioether (sulfide) groups is 2. The van der Waals surface area contributed by atoms with E-state index in [-0.39, 0.29) is 33.8 Å². The molecule has 5 unspecified atom stereocenters. The number of nitrogens with one attached hydrogen (secondary N) is 3. The van der Waals surface area contributed by atoms with Gasteiger partial charge in [0.1, 0.15) is 0 Å². The lowest BCUT2D eigenvalue weighted by molar-refractivity contribution is -0.125. The fraction of sp³-hybridized carbons (Fsp3) is 0.864. The Morgan fingerprint density at radius 1 is 1.06 bits per heavy atom. The molecular weight excluding hydrogens is 434 g/mol. The first-order valence-electron chi connectivity index (χ1n) is 11.8. The predicted molar refractivity (Wildman–Crippen MR) is 124 cm³/mol. The monoisotopic (exact) mass is 469 g/mol. The minimum Gasteiger partial charge on any atom is -0.450 e. The number of hydrogen-bond donors (Lipinski definition) is 3. The molecule has 3 heterocycles. The number of imide groups is 1. The van der Waals surface area contributed by atoms with Gasteiger partial charge in [-0.2, -0.15) is 0 Å². The zero-order valence-corrected chi connectivity index (χ0v) is 20.0. The molecule has 0 aromatic heterocycles. The third-order valence-electron chi connectivity index (χ3n) is 7.42. The summed E-state index contributed by atoms with van der Waals surface area (Å²) in [5.41, 5.74) is 0. The maximum Gasteiger partial charge on any atom is 0.413 e. The van der Waals surface area contributed by atoms with Crippen LogP contribution in [0.2, 0.25) is 0 Å². The van der Waals surface area contributed by atoms with E-state index in [0.717, 1.165) is 31.7 Å². The average Bonchev–Trinajstić information content (AvgIpc) is 3.39. The first-order valence-corrected chi connectivity index (χ1v) is 13.7. The van der Waals surface area contributed by atoms with Gasteiger partial charge in [-0.3, -0.25) is 14.9 Å². The van der Waals surface area contributed by atoms with Crippen molar-refractivity contribution in [3.05, 3.63) is 0 Å². The van der Waals surface area contributed by atoms with Crippen molar-refractivity contribution in [2.24, 2.45) is 17.8 Å². The lowest BCUT2D eigenvalue weighted by Crippen LogP contribution is -2.52. The summed E-state index contributed by atoms with van der Waals surface area (Å²) in [5.74, 6) is 1.39. The summed E-state index contributed by atoms with van der Waals surface area (Å²) in [6.07, 6.45) is 8.56. The summed E-state index contributed by atoms with van der Waals surface area (Å²) in [6, 6.07) is 0. The van der Waals surface area contributed by atoms with Gasteiger partial charge in [0.15, 0.2) is 0 Å². The van der Waals surface area contributed by atoms with Crippen LogP contribution in [0.1, 0.15) is 58.3 Å². The van der Waals surface area contributed by atoms with Crippen LogP contribution in [0.4, 0.5) is 4.79 Å². The minimum absolute atomic E-state index is 0.0539. The Hall–Kier alpha value is -0.930. The van der Waals surface area contributed by atoms with Crippen molar-refractivity contribution in [3.63, 3.8) is 0 Å². The van der Waals surface area contributed by atoms with Crippen LogP contribution in [-0.4, -0.2) is 58.7 Å². The molecule has 174 valence electrons. The standard InChI is InChI=1S/C22H35N3O4S2/c1-2-29-21(28)25-18(26)16-9-11-30-20(16)24-19(27)17-12-15-8-10-23-13-22(15,31-17)14-6-4-3-5-7-14/h14-17,20,23H,2-13H2,1H3,(H,24,27)(H,25,26,28). The summed E-state index contributed by atoms with van der Waals surface area (Å²) in [7, 11) is 0. The van der Waals surface area contributed by atoms with Crippen LogP contribution in [0.5, 0.6) is 0 Å². The SMILES string of the molecule is CCOC(=O)NC(=O)C1CCSC1NC(=O)C1CC2CCNCC2(C2CCCCC2)S1. The molecule has 0 aromatic carbocycles. The molecule has 9 heteroatoms. The Kier molecular flexibility index (Phi) is 7.75. The van der Waals surface area contributed by atoms with Gasteiger partial charge in [-0.25, -0.2) is 4.79 Å². The number of hydrogen-bond acceptors (Lipinski definition) is 7. The van der Waals surface area contributed by atoms with Crippen LogP contribution in [0.3, 0.4) is 0 Å². The Morgan fingerprint density at radius 2 is 1.87 bits per heavy atom. The van der Waals surface area contributed by atoms with Crippen LogP contribution in [-0.2, 0) is 14.3 Å². The third-order valence-corrected chi connectivity index (χ3v) is 10.6. The fourth-order valence-corrected chi connectivity index (χ4v) is 9.28. The minimum atomic E-state index is -0.716. The van der Waals surface area contributed by atoms with E-state index in [4.69, 9.17) is 4.74 Å². The number of piperidine rings is 1. The first-order chi connectivity index (χ1) is 15.0. The van der Waals surface area contributed by atoms with E-state index in [1.54, 1.807) is 18.7 Å². The van der Waals surface area contributed by atoms with Gasteiger partial charge in [-0.15, -0.1) is 23.5 Å². The number of ether oxygens (including phenoxy) is 1. The molecule has 4 aliphatic rings. The smallest absolute Gasteiger partial charge is 0.413 e. The second-order valence-corrected chi connectivity index (χ2v) is 12.0. The second kappa shape index (κ2) is 10.3. The molecule has 0 spiro atoms. The highest BCUT2D eigenvalue weighted by molar-refractivity contribution is 8.02. The van der Waals surface area contributed by atoms with Crippen molar-refractivity contribution in [1.82, 2.24) is 16.0 Å². The molecule has 4 fully saturated rings. The Balaban J connectivity index is 1.38. The molecule has 0 radical (unpaired) electrons. The number of fused-ring (bicyclic) bond motifs is 1. The van der Waals surface area contributed by atoms with Crippen molar-refractivity contribution in [1.29, 1.82) is 0 Å². The highest BCUT2D eigenvalue weighted by Crippen LogP contribution is 2.57. The van der Waals surface area contributed by atoms with Gasteiger partial charge in [-0.1, -0.05) is 19.3 Å². The number of amides is 3. The molecule has 1 aliphatic carbocycles. The highest BCUT2D eigenvalue weighted by Gasteiger charge is 2.55. The van der Waals surface area contributed by atoms with Gasteiger partial charge in [0.25, 0.3) is 0 Å². The number of rotatable bonds is 5. The second-order valence-electron chi connectivity index (χ2n) is 9.20. The van der Waals surface area contributed by atoms with E-state index >= 15 is 0 Å². The summed E-state index contributed by atoms with van der Waals surface area (Å²) in [5, 5.41) is 8.75. The van der Waals surface area contributed by atoms with Crippen LogP contribution < -0.4 is 16.0 Å². The van der Waals surface area contributed by atoms with Gasteiger partial charge < -0.3 is 15.4 Å². The molecular formula is C22H35N3O4S2. The van der Waals surface area contributed by atoms with Crippen molar-refractivity contribution in [2.75, 3.05) is 25.4 Å². The topological polar surface area (TPSA) is 96.5 Å². The van der Waals surface area contributed by atoms with Gasteiger partial charge in [-0.05, 0) is 63.2 Å². The summed E-state index contributed by atoms with van der Waals surface area (Å²) >= 11 is 3.50. The molecule has 4 rings (SSSR count). The largest absolute Gasteiger partial charge is 0.450 e. The molecule has 5 atom stereocenters. The summed E-state index contributed by atoms with van der Waals surface area (Å²) in [6.45, 7) is 3.98. The maximum atomic E-state index is 13.3. The predicted octanol–water partition coefficient (Wildman–Crippen LogP) is 2.89. The van der Waals surface area contributed by atoms with Crippen molar-refractivity contribution in [3.8, 4) is 0 Å². The van der Waals surface area contributed by atoms with Crippen LogP contribution in [0.15, 0.2) is 0 Å². The third kappa shape index (κ3) is 5.03. The molecule has 3 aliphatic heterocycles. The van der Waals surface area contributed by atoms with Gasteiger partial charge >= 0.3 is 6.09 Å². The van der Waals surface area contributed by atoms with Gasteiger partial charge in [0.2, 0.25) is 11.8 Å². The lowest BCUT2D eigenvalue weighted by atomic mass is 9.70. The van der Waals surface area contributed by atoms with E-state index in [1.807, 2.05) is 11.8 Å². The number of carbonyl (C=O) groups is 3. The van der Waals surface area contributed by atoms with Gasteiger partial charge in [0, 0.05) is 11.3 Å². The zero-order chi connectivity index (χ0) is 21.8. The van der Waals surface area contributed by atoms with E-state index < -0.39 is 12.0 Å². The molecule has 3 amide bonds. The highest BCUT2D eigenvalue weighted by atomic mass is 32.2. The first kappa shape index (κ1) is 23.2. The molecule has 31 heavy (non-hydrogen) atoms. The number of carbonyl (C=O) groups excluding carboxylic acids is 3.